The Labute approximate surface area is 92.1 Å². The van der Waals surface area contributed by atoms with Crippen molar-refractivity contribution < 1.29 is 0 Å². The Morgan fingerprint density at radius 3 is 2.93 bits per heavy atom. The van der Waals surface area contributed by atoms with Gasteiger partial charge in [-0.1, -0.05) is 6.07 Å². The van der Waals surface area contributed by atoms with Gasteiger partial charge in [0.1, 0.15) is 0 Å². The standard InChI is InChI=1S/C13H18N2/c1-4-5-6-9-12(14-3)13-11(2)8-7-10-15-13/h7-8,10,12,14H,6,9H2,1-3H3. The van der Waals surface area contributed by atoms with Crippen molar-refractivity contribution in [1.29, 1.82) is 0 Å². The van der Waals surface area contributed by atoms with Crippen molar-refractivity contribution in [2.24, 2.45) is 0 Å². The molecule has 1 aromatic rings. The van der Waals surface area contributed by atoms with Gasteiger partial charge >= 0.3 is 0 Å². The largest absolute Gasteiger partial charge is 0.312 e. The summed E-state index contributed by atoms with van der Waals surface area (Å²) in [4.78, 5) is 4.42. The second-order valence-corrected chi connectivity index (χ2v) is 3.51. The maximum Gasteiger partial charge on any atom is 0.0602 e. The number of aryl methyl sites for hydroxylation is 1. The fourth-order valence-corrected chi connectivity index (χ4v) is 1.62. The number of nitrogens with zero attached hydrogens (tertiary/aromatic N) is 1. The van der Waals surface area contributed by atoms with Crippen LogP contribution < -0.4 is 5.32 Å². The molecule has 1 aromatic heterocycles. The molecule has 0 saturated carbocycles. The van der Waals surface area contributed by atoms with Crippen LogP contribution in [0.1, 0.15) is 37.1 Å². The average Bonchev–Trinajstić information content (AvgIpc) is 2.26. The fourth-order valence-electron chi connectivity index (χ4n) is 1.62. The van der Waals surface area contributed by atoms with Crippen molar-refractivity contribution in [1.82, 2.24) is 10.3 Å². The van der Waals surface area contributed by atoms with Gasteiger partial charge in [0.2, 0.25) is 0 Å². The first-order valence-electron chi connectivity index (χ1n) is 5.28. The molecule has 1 unspecified atom stereocenters. The van der Waals surface area contributed by atoms with E-state index in [-0.39, 0.29) is 0 Å². The molecule has 0 bridgehead atoms. The Morgan fingerprint density at radius 1 is 1.53 bits per heavy atom. The zero-order valence-electron chi connectivity index (χ0n) is 9.67. The molecule has 2 heteroatoms. The first-order valence-corrected chi connectivity index (χ1v) is 5.28. The molecule has 2 nitrogen and oxygen atoms in total. The van der Waals surface area contributed by atoms with Crippen molar-refractivity contribution in [2.45, 2.75) is 32.7 Å². The van der Waals surface area contributed by atoms with Crippen LogP contribution in [0.2, 0.25) is 0 Å². The third kappa shape index (κ3) is 3.38. The molecule has 80 valence electrons. The normalized spacial score (nSPS) is 11.7. The van der Waals surface area contributed by atoms with Crippen LogP contribution in [0.15, 0.2) is 18.3 Å². The first kappa shape index (κ1) is 11.7. The zero-order chi connectivity index (χ0) is 11.1. The van der Waals surface area contributed by atoms with E-state index in [2.05, 4.69) is 35.1 Å². The molecule has 0 radical (unpaired) electrons. The van der Waals surface area contributed by atoms with E-state index in [1.807, 2.05) is 26.2 Å². The van der Waals surface area contributed by atoms with Gasteiger partial charge in [-0.3, -0.25) is 4.98 Å². The minimum atomic E-state index is 0.312. The second kappa shape index (κ2) is 6.21. The second-order valence-electron chi connectivity index (χ2n) is 3.51. The minimum absolute atomic E-state index is 0.312. The lowest BCUT2D eigenvalue weighted by Crippen LogP contribution is -2.18. The highest BCUT2D eigenvalue weighted by atomic mass is 14.9. The number of hydrogen-bond donors (Lipinski definition) is 1. The van der Waals surface area contributed by atoms with E-state index >= 15 is 0 Å². The van der Waals surface area contributed by atoms with Crippen LogP contribution in [0.3, 0.4) is 0 Å². The predicted octanol–water partition coefficient (Wildman–Crippen LogP) is 2.45. The van der Waals surface area contributed by atoms with Crippen LogP contribution in [-0.4, -0.2) is 12.0 Å². The lowest BCUT2D eigenvalue weighted by atomic mass is 10.0. The minimum Gasteiger partial charge on any atom is -0.312 e. The van der Waals surface area contributed by atoms with Gasteiger partial charge in [0.05, 0.1) is 11.7 Å². The van der Waals surface area contributed by atoms with Crippen molar-refractivity contribution in [3.05, 3.63) is 29.6 Å². The molecule has 0 aliphatic rings. The highest BCUT2D eigenvalue weighted by Gasteiger charge is 2.11. The summed E-state index contributed by atoms with van der Waals surface area (Å²) in [5, 5.41) is 3.29. The van der Waals surface area contributed by atoms with Gasteiger partial charge in [0.25, 0.3) is 0 Å². The summed E-state index contributed by atoms with van der Waals surface area (Å²) in [7, 11) is 1.97. The van der Waals surface area contributed by atoms with Crippen molar-refractivity contribution >= 4 is 0 Å². The molecule has 1 rings (SSSR count). The molecule has 0 aromatic carbocycles. The quantitative estimate of drug-likeness (QED) is 0.759. The van der Waals surface area contributed by atoms with Crippen LogP contribution in [0.25, 0.3) is 0 Å². The van der Waals surface area contributed by atoms with Gasteiger partial charge in [-0.05, 0) is 38.9 Å². The summed E-state index contributed by atoms with van der Waals surface area (Å²) in [6, 6.07) is 4.38. The fraction of sp³-hybridized carbons (Fsp3) is 0.462. The molecule has 0 saturated heterocycles. The molecule has 0 aliphatic carbocycles. The number of hydrogen-bond acceptors (Lipinski definition) is 2. The van der Waals surface area contributed by atoms with Crippen molar-refractivity contribution in [2.75, 3.05) is 7.05 Å². The van der Waals surface area contributed by atoms with Gasteiger partial charge in [-0.2, -0.15) is 0 Å². The maximum absolute atomic E-state index is 4.42. The van der Waals surface area contributed by atoms with E-state index in [1.54, 1.807) is 0 Å². The number of aromatic nitrogens is 1. The van der Waals surface area contributed by atoms with E-state index in [1.165, 1.54) is 5.56 Å². The van der Waals surface area contributed by atoms with E-state index < -0.39 is 0 Å². The lowest BCUT2D eigenvalue weighted by Gasteiger charge is -2.16. The van der Waals surface area contributed by atoms with Gasteiger partial charge in [-0.25, -0.2) is 0 Å². The molecule has 1 heterocycles. The Morgan fingerprint density at radius 2 is 2.33 bits per heavy atom. The van der Waals surface area contributed by atoms with Gasteiger partial charge in [-0.15, -0.1) is 11.8 Å². The Bertz CT molecular complexity index is 360. The Balaban J connectivity index is 2.72. The topological polar surface area (TPSA) is 24.9 Å². The summed E-state index contributed by atoms with van der Waals surface area (Å²) in [6.45, 7) is 3.97. The molecule has 1 N–H and O–H groups in total. The van der Waals surface area contributed by atoms with E-state index in [9.17, 15) is 0 Å². The molecule has 15 heavy (non-hydrogen) atoms. The smallest absolute Gasteiger partial charge is 0.0602 e. The third-order valence-corrected chi connectivity index (χ3v) is 2.46. The van der Waals surface area contributed by atoms with Gasteiger partial charge in [0.15, 0.2) is 0 Å². The van der Waals surface area contributed by atoms with Gasteiger partial charge < -0.3 is 5.32 Å². The van der Waals surface area contributed by atoms with Crippen LogP contribution in [0, 0.1) is 18.8 Å². The maximum atomic E-state index is 4.42. The summed E-state index contributed by atoms with van der Waals surface area (Å²) in [5.41, 5.74) is 2.37. The third-order valence-electron chi connectivity index (χ3n) is 2.46. The van der Waals surface area contributed by atoms with Crippen molar-refractivity contribution in [3.63, 3.8) is 0 Å². The SMILES string of the molecule is CC#CCCC(NC)c1ncccc1C. The van der Waals surface area contributed by atoms with E-state index in [0.29, 0.717) is 6.04 Å². The van der Waals surface area contributed by atoms with Crippen LogP contribution in [0.5, 0.6) is 0 Å². The van der Waals surface area contributed by atoms with E-state index in [0.717, 1.165) is 18.5 Å². The summed E-state index contributed by atoms with van der Waals surface area (Å²) in [5.74, 6) is 6.00. The molecule has 1 atom stereocenters. The molecule has 0 fully saturated rings. The Kier molecular flexibility index (Phi) is 4.86. The highest BCUT2D eigenvalue weighted by Crippen LogP contribution is 2.18. The number of nitrogens with one attached hydrogen (secondary N) is 1. The monoisotopic (exact) mass is 202 g/mol. The summed E-state index contributed by atoms with van der Waals surface area (Å²) < 4.78 is 0. The van der Waals surface area contributed by atoms with Crippen LogP contribution >= 0.6 is 0 Å². The lowest BCUT2D eigenvalue weighted by molar-refractivity contribution is 0.541. The molecule has 0 amide bonds. The average molecular weight is 202 g/mol. The summed E-state index contributed by atoms with van der Waals surface area (Å²) in [6.07, 6.45) is 3.77. The predicted molar refractivity (Wildman–Crippen MR) is 63.5 cm³/mol. The number of rotatable bonds is 4. The van der Waals surface area contributed by atoms with Crippen LogP contribution in [-0.2, 0) is 0 Å². The summed E-state index contributed by atoms with van der Waals surface area (Å²) >= 11 is 0. The van der Waals surface area contributed by atoms with Crippen molar-refractivity contribution in [3.8, 4) is 11.8 Å². The van der Waals surface area contributed by atoms with E-state index in [4.69, 9.17) is 0 Å². The van der Waals surface area contributed by atoms with Crippen LogP contribution in [0.4, 0.5) is 0 Å². The molecular formula is C13H18N2. The zero-order valence-corrected chi connectivity index (χ0v) is 9.67. The Hall–Kier alpha value is -1.33. The molecule has 0 spiro atoms. The molecular weight excluding hydrogens is 184 g/mol. The highest BCUT2D eigenvalue weighted by molar-refractivity contribution is 5.21. The molecule has 0 aliphatic heterocycles. The first-order chi connectivity index (χ1) is 7.29. The number of pyridine rings is 1. The van der Waals surface area contributed by atoms with Gasteiger partial charge in [0, 0.05) is 12.6 Å².